The minimum Gasteiger partial charge on any atom is -0.506 e. The van der Waals surface area contributed by atoms with E-state index in [1.807, 2.05) is 0 Å². The summed E-state index contributed by atoms with van der Waals surface area (Å²) >= 11 is 0. The Labute approximate surface area is 434 Å². The van der Waals surface area contributed by atoms with Gasteiger partial charge in [0.2, 0.25) is 31.5 Å². The van der Waals surface area contributed by atoms with Crippen LogP contribution in [-0.2, 0) is 42.6 Å². The number of hydrogen-bond donors (Lipinski definition) is 26. The summed E-state index contributed by atoms with van der Waals surface area (Å²) in [6.07, 6.45) is -50.6. The lowest BCUT2D eigenvalue weighted by molar-refractivity contribution is -0.331. The van der Waals surface area contributed by atoms with Crippen molar-refractivity contribution in [1.29, 1.82) is 0 Å². The van der Waals surface area contributed by atoms with E-state index in [-0.39, 0.29) is 0 Å². The second-order valence-corrected chi connectivity index (χ2v) is 16.9. The maximum Gasteiger partial charge on any atom is 0.218 e. The monoisotopic (exact) mass is 1130 g/mol. The number of aliphatic hydroxyl groups is 26. The van der Waals surface area contributed by atoms with Gasteiger partial charge < -0.3 is 175 Å². The number of rotatable bonds is 12. The molecular formula is C42H70O35. The van der Waals surface area contributed by atoms with Crippen molar-refractivity contribution < 1.29 is 175 Å². The summed E-state index contributed by atoms with van der Waals surface area (Å²) in [5, 5.41) is 275. The predicted molar refractivity (Wildman–Crippen MR) is 240 cm³/mol. The van der Waals surface area contributed by atoms with Crippen molar-refractivity contribution >= 4 is 0 Å². The van der Waals surface area contributed by atoms with E-state index < -0.39 is 259 Å². The summed E-state index contributed by atoms with van der Waals surface area (Å²) in [6, 6.07) is 0. The van der Waals surface area contributed by atoms with Crippen molar-refractivity contribution in [2.24, 2.45) is 0 Å². The third-order valence-corrected chi connectivity index (χ3v) is 11.7. The van der Waals surface area contributed by atoms with Crippen LogP contribution < -0.4 is 0 Å². The van der Waals surface area contributed by atoms with Gasteiger partial charge in [-0.3, -0.25) is 0 Å². The van der Waals surface area contributed by atoms with Crippen LogP contribution in [-0.4, -0.2) is 302 Å². The highest BCUT2D eigenvalue weighted by Gasteiger charge is 2.50. The first-order valence-electron chi connectivity index (χ1n) is 23.2. The quantitative estimate of drug-likeness (QED) is 0.0863. The highest BCUT2D eigenvalue weighted by atomic mass is 16.7. The van der Waals surface area contributed by atoms with Gasteiger partial charge in [-0.25, -0.2) is 0 Å². The van der Waals surface area contributed by atoms with Crippen molar-refractivity contribution in [2.45, 2.75) is 155 Å². The predicted octanol–water partition coefficient (Wildman–Crippen LogP) is -7.28. The second-order valence-electron chi connectivity index (χ2n) is 16.9. The van der Waals surface area contributed by atoms with Gasteiger partial charge in [0.25, 0.3) is 0 Å². The van der Waals surface area contributed by atoms with E-state index in [4.69, 9.17) is 42.6 Å². The summed E-state index contributed by atoms with van der Waals surface area (Å²) in [5.41, 5.74) is 0. The molecule has 35 nitrogen and oxygen atoms in total. The normalized spacial score (nSPS) is 42.0. The Morgan fingerprint density at radius 2 is 0.455 bits per heavy atom. The van der Waals surface area contributed by atoms with Crippen molar-refractivity contribution in [3.05, 3.63) is 57.6 Å². The Bertz CT molecular complexity index is 1960. The first kappa shape index (κ1) is 67.0. The molecule has 0 aromatic carbocycles. The molecule has 0 saturated carbocycles. The zero-order valence-electron chi connectivity index (χ0n) is 40.3. The molecule has 0 spiro atoms. The maximum absolute atomic E-state index is 11.1. The molecule has 2 saturated heterocycles. The molecule has 0 radical (unpaired) electrons. The Hall–Kier alpha value is -4.30. The van der Waals surface area contributed by atoms with Crippen molar-refractivity contribution in [2.75, 3.05) is 46.2 Å². The summed E-state index contributed by atoms with van der Waals surface area (Å²) in [7, 11) is 0. The Morgan fingerprint density at radius 3 is 0.662 bits per heavy atom. The summed E-state index contributed by atoms with van der Waals surface area (Å²) < 4.78 is 47.2. The van der Waals surface area contributed by atoms with Gasteiger partial charge in [-0.1, -0.05) is 0 Å². The maximum atomic E-state index is 11.1. The molecule has 0 aliphatic carbocycles. The minimum absolute atomic E-state index is 0.738. The third kappa shape index (κ3) is 17.1. The lowest BCUT2D eigenvalue weighted by atomic mass is 9.98. The molecule has 5 heterocycles. The van der Waals surface area contributed by atoms with Crippen LogP contribution in [0, 0.1) is 0 Å². The molecule has 4 bridgehead atoms. The van der Waals surface area contributed by atoms with Gasteiger partial charge in [-0.2, -0.15) is 0 Å². The van der Waals surface area contributed by atoms with Gasteiger partial charge >= 0.3 is 0 Å². The van der Waals surface area contributed by atoms with Gasteiger partial charge in [0.1, 0.15) is 79.4 Å². The molecule has 26 N–H and O–H groups in total. The number of fused-ring (bicyclic) bond motifs is 2. The molecule has 20 atom stereocenters. The van der Waals surface area contributed by atoms with E-state index in [2.05, 4.69) is 0 Å². The summed E-state index contributed by atoms with van der Waals surface area (Å²) in [4.78, 5) is 0. The van der Waals surface area contributed by atoms with Gasteiger partial charge in [-0.05, 0) is 0 Å². The van der Waals surface area contributed by atoms with E-state index in [9.17, 15) is 133 Å². The third-order valence-electron chi connectivity index (χ3n) is 11.7. The first-order chi connectivity index (χ1) is 36.3. The molecule has 0 amide bonds. The molecule has 5 aliphatic heterocycles. The molecule has 35 heteroatoms. The largest absolute Gasteiger partial charge is 0.506 e. The number of aliphatic hydroxyl groups excluding tert-OH is 26. The highest BCUT2D eigenvalue weighted by Crippen LogP contribution is 2.33. The molecule has 0 aromatic rings. The fraction of sp³-hybridized carbons (Fsp3) is 0.762. The zero-order chi connectivity index (χ0) is 58.2. The lowest BCUT2D eigenvalue weighted by Gasteiger charge is -2.43. The number of hydrogen-bond acceptors (Lipinski definition) is 35. The molecule has 5 rings (SSSR count). The minimum atomic E-state index is -2.84. The molecule has 0 aromatic heterocycles. The fourth-order valence-corrected chi connectivity index (χ4v) is 7.47. The molecule has 448 valence electrons. The van der Waals surface area contributed by atoms with E-state index in [0.29, 0.717) is 0 Å². The van der Waals surface area contributed by atoms with Crippen LogP contribution >= 0.6 is 0 Å². The van der Waals surface area contributed by atoms with Crippen LogP contribution in [0.25, 0.3) is 0 Å². The average molecular weight is 1130 g/mol. The van der Waals surface area contributed by atoms with E-state index in [0.717, 1.165) is 0 Å². The SMILES string of the molecule is OCC[C@H]1O[C@H]2OC(CO)[C@@H](O[C@@H](O)/C(O)=C(\O)[C@@H](CCO)O[C@H]3OC(CO)[C@@H](O[C@@H](O)/C(O)=C(\O)[C@@H](CCO)O[C@H](O)/C(O)=C(\O)[C@@H](CCO)O[C@H](O)/C(O)=C(\O)[C@@H](CCO)O[C@H](O)C(O)=C1O)C(O)C3O)C(O)C2O. The summed E-state index contributed by atoms with van der Waals surface area (Å²) in [5.74, 6) is -15.6. The molecule has 6 unspecified atom stereocenters. The lowest BCUT2D eigenvalue weighted by Crippen LogP contribution is -2.61. The van der Waals surface area contributed by atoms with Crippen LogP contribution in [0.3, 0.4) is 0 Å². The highest BCUT2D eigenvalue weighted by molar-refractivity contribution is 5.14. The van der Waals surface area contributed by atoms with Crippen LogP contribution in [0.2, 0.25) is 0 Å². The van der Waals surface area contributed by atoms with Gasteiger partial charge in [-0.15, -0.1) is 0 Å². The standard InChI is InChI=1S/C42H70O35/c43-6-1-13-20(50)28(58)37(65)71-15(3-8-45)22(52)30(60)39(67)76-34-18(11-48)75-42(33(63)25(34)55)73-17(5-10-47)24(54)31(61)40(68)77-35-19(12-49)74-41(32(62)26(35)56)72-16(4-9-46)23(53)29(59)38(66)70-14(2-7-44)21(51)27(57)36(64)69-13/h13-19,25-26,32-68H,1-12H2/b27-21+,28-20+,29-23?,30-22+,31-24+/t13-,14-,15-,16-,17-,18?,19?,25?,26?,32?,33?,34-,35-,36+,37+,38+,39-,40-,41+,42+/m1/s1. The molecular weight excluding hydrogens is 1060 g/mol. The Morgan fingerprint density at radius 1 is 0.247 bits per heavy atom. The first-order valence-corrected chi connectivity index (χ1v) is 23.2. The van der Waals surface area contributed by atoms with E-state index in [1.54, 1.807) is 0 Å². The molecule has 2 fully saturated rings. The van der Waals surface area contributed by atoms with Gasteiger partial charge in [0, 0.05) is 65.1 Å². The van der Waals surface area contributed by atoms with Crippen LogP contribution in [0.4, 0.5) is 0 Å². The average Bonchev–Trinajstić information content (AvgIpc) is 3.41. The van der Waals surface area contributed by atoms with Crippen LogP contribution in [0.5, 0.6) is 0 Å². The summed E-state index contributed by atoms with van der Waals surface area (Å²) in [6.45, 7) is -7.11. The van der Waals surface area contributed by atoms with Crippen LogP contribution in [0.15, 0.2) is 57.6 Å². The Kier molecular flexibility index (Phi) is 27.4. The van der Waals surface area contributed by atoms with Crippen molar-refractivity contribution in [3.8, 4) is 0 Å². The smallest absolute Gasteiger partial charge is 0.218 e. The Balaban J connectivity index is 2.20. The van der Waals surface area contributed by atoms with Crippen molar-refractivity contribution in [1.82, 2.24) is 0 Å². The van der Waals surface area contributed by atoms with Crippen LogP contribution in [0.1, 0.15) is 32.1 Å². The zero-order valence-corrected chi connectivity index (χ0v) is 40.3. The van der Waals surface area contributed by atoms with Gasteiger partial charge in [0.15, 0.2) is 70.2 Å². The van der Waals surface area contributed by atoms with E-state index >= 15 is 0 Å². The van der Waals surface area contributed by atoms with Crippen molar-refractivity contribution in [3.63, 3.8) is 0 Å². The number of ether oxygens (including phenoxy) is 9. The van der Waals surface area contributed by atoms with Gasteiger partial charge in [0.05, 0.1) is 13.2 Å². The molecule has 5 aliphatic rings. The van der Waals surface area contributed by atoms with E-state index in [1.165, 1.54) is 0 Å². The molecule has 77 heavy (non-hydrogen) atoms. The topological polar surface area (TPSA) is 609 Å². The second kappa shape index (κ2) is 31.5. The fourth-order valence-electron chi connectivity index (χ4n) is 7.47.